The molecule has 1 saturated carbocycles. The van der Waals surface area contributed by atoms with Crippen molar-refractivity contribution in [2.45, 2.75) is 56.7 Å². The first-order chi connectivity index (χ1) is 17.4. The largest absolute Gasteiger partial charge is 0.433 e. The molecule has 2 aliphatic rings. The zero-order valence-corrected chi connectivity index (χ0v) is 20.0. The maximum absolute atomic E-state index is 13.9. The number of H-pyrrole nitrogens is 1. The number of nitrogens with zero attached hydrogens (tertiary/aromatic N) is 5. The lowest BCUT2D eigenvalue weighted by Crippen LogP contribution is -2.28. The van der Waals surface area contributed by atoms with Crippen LogP contribution in [0.5, 0.6) is 0 Å². The van der Waals surface area contributed by atoms with Crippen molar-refractivity contribution in [2.75, 3.05) is 6.54 Å². The van der Waals surface area contributed by atoms with Gasteiger partial charge in [-0.05, 0) is 55.8 Å². The molecule has 188 valence electrons. The van der Waals surface area contributed by atoms with Gasteiger partial charge in [-0.15, -0.1) is 10.2 Å². The summed E-state index contributed by atoms with van der Waals surface area (Å²) in [6, 6.07) is 8.85. The minimum atomic E-state index is -4.55. The van der Waals surface area contributed by atoms with Crippen LogP contribution in [-0.4, -0.2) is 36.5 Å². The number of alkyl halides is 3. The second-order valence-corrected chi connectivity index (χ2v) is 9.98. The van der Waals surface area contributed by atoms with Crippen molar-refractivity contribution in [3.8, 4) is 11.3 Å². The average Bonchev–Trinajstić information content (AvgIpc) is 3.47. The lowest BCUT2D eigenvalue weighted by atomic mass is 9.72. The Labute approximate surface area is 206 Å². The normalized spacial score (nSPS) is 19.9. The molecule has 0 spiro atoms. The first-order valence-corrected chi connectivity index (χ1v) is 12.5. The number of piperidine rings is 1. The van der Waals surface area contributed by atoms with E-state index in [-0.39, 0.29) is 12.0 Å². The number of aromatic amines is 1. The number of fused-ring (bicyclic) bond motifs is 1. The number of rotatable bonds is 5. The quantitative estimate of drug-likeness (QED) is 0.381. The Bertz CT molecular complexity index is 1380. The monoisotopic (exact) mass is 495 g/mol. The molecular weight excluding hydrogens is 467 g/mol. The van der Waals surface area contributed by atoms with Crippen LogP contribution in [0.1, 0.15) is 73.3 Å². The highest BCUT2D eigenvalue weighted by Gasteiger charge is 2.36. The van der Waals surface area contributed by atoms with Crippen molar-refractivity contribution < 1.29 is 13.2 Å². The molecular formula is C26H28F3N7. The SMILES string of the molecule is Cn1cnnc1[C@@H](c1cccc(-c2n[nH]c3c([C@H]4CCCCN4)nc(C(F)(F)F)cc23)c1)C1CCC1. The summed E-state index contributed by atoms with van der Waals surface area (Å²) >= 11 is 0. The van der Waals surface area contributed by atoms with Gasteiger partial charge in [-0.3, -0.25) is 5.10 Å². The number of pyridine rings is 1. The number of halogens is 3. The van der Waals surface area contributed by atoms with Gasteiger partial charge in [0.05, 0.1) is 17.3 Å². The number of benzene rings is 1. The van der Waals surface area contributed by atoms with Gasteiger partial charge in [0.15, 0.2) is 0 Å². The predicted molar refractivity (Wildman–Crippen MR) is 129 cm³/mol. The van der Waals surface area contributed by atoms with Crippen LogP contribution in [0.4, 0.5) is 13.2 Å². The van der Waals surface area contributed by atoms with Crippen molar-refractivity contribution in [1.29, 1.82) is 0 Å². The van der Waals surface area contributed by atoms with Gasteiger partial charge in [0.2, 0.25) is 0 Å². The Kier molecular flexibility index (Phi) is 5.78. The molecule has 6 rings (SSSR count). The van der Waals surface area contributed by atoms with Gasteiger partial charge in [0.1, 0.15) is 23.5 Å². The summed E-state index contributed by atoms with van der Waals surface area (Å²) in [4.78, 5) is 4.06. The summed E-state index contributed by atoms with van der Waals surface area (Å²) in [5.41, 5.74) is 2.41. The van der Waals surface area contributed by atoms with E-state index in [1.54, 1.807) is 6.33 Å². The van der Waals surface area contributed by atoms with Crippen LogP contribution < -0.4 is 5.32 Å². The number of hydrogen-bond donors (Lipinski definition) is 2. The smallest absolute Gasteiger partial charge is 0.320 e. The number of aromatic nitrogens is 6. The van der Waals surface area contributed by atoms with Crippen LogP contribution in [-0.2, 0) is 13.2 Å². The van der Waals surface area contributed by atoms with Gasteiger partial charge in [-0.1, -0.05) is 31.0 Å². The maximum atomic E-state index is 13.9. The number of nitrogens with one attached hydrogen (secondary N) is 2. The molecule has 0 unspecified atom stereocenters. The van der Waals surface area contributed by atoms with Crippen molar-refractivity contribution in [3.63, 3.8) is 0 Å². The summed E-state index contributed by atoms with van der Waals surface area (Å²) in [6.07, 6.45) is 3.28. The fraction of sp³-hybridized carbons (Fsp3) is 0.462. The fourth-order valence-electron chi connectivity index (χ4n) is 5.60. The Balaban J connectivity index is 1.47. The van der Waals surface area contributed by atoms with Crippen LogP contribution in [0.25, 0.3) is 22.2 Å². The minimum absolute atomic E-state index is 0.0748. The van der Waals surface area contributed by atoms with E-state index in [0.717, 1.165) is 61.7 Å². The van der Waals surface area contributed by atoms with Crippen LogP contribution in [0.2, 0.25) is 0 Å². The molecule has 2 fully saturated rings. The van der Waals surface area contributed by atoms with Crippen molar-refractivity contribution in [1.82, 2.24) is 35.3 Å². The third kappa shape index (κ3) is 4.07. The van der Waals surface area contributed by atoms with E-state index < -0.39 is 11.9 Å². The van der Waals surface area contributed by atoms with E-state index in [1.165, 1.54) is 6.42 Å². The van der Waals surface area contributed by atoms with Gasteiger partial charge in [-0.25, -0.2) is 4.98 Å². The van der Waals surface area contributed by atoms with E-state index in [2.05, 4.69) is 36.8 Å². The highest BCUT2D eigenvalue weighted by molar-refractivity contribution is 5.94. The number of aryl methyl sites for hydroxylation is 1. The van der Waals surface area contributed by atoms with E-state index in [9.17, 15) is 13.2 Å². The molecule has 1 aliphatic heterocycles. The lowest BCUT2D eigenvalue weighted by Gasteiger charge is -2.33. The molecule has 36 heavy (non-hydrogen) atoms. The van der Waals surface area contributed by atoms with Crippen LogP contribution in [0, 0.1) is 5.92 Å². The van der Waals surface area contributed by atoms with E-state index in [1.807, 2.05) is 29.8 Å². The molecule has 2 atom stereocenters. The molecule has 7 nitrogen and oxygen atoms in total. The van der Waals surface area contributed by atoms with Gasteiger partial charge in [-0.2, -0.15) is 18.3 Å². The third-order valence-corrected chi connectivity index (χ3v) is 7.68. The Morgan fingerprint density at radius 3 is 2.61 bits per heavy atom. The first kappa shape index (κ1) is 23.1. The number of hydrogen-bond acceptors (Lipinski definition) is 5. The average molecular weight is 496 g/mol. The molecule has 0 radical (unpaired) electrons. The molecule has 1 aliphatic carbocycles. The molecule has 4 aromatic rings. The Morgan fingerprint density at radius 1 is 1.08 bits per heavy atom. The van der Waals surface area contributed by atoms with E-state index in [0.29, 0.717) is 28.2 Å². The zero-order chi connectivity index (χ0) is 24.9. The molecule has 10 heteroatoms. The molecule has 1 aromatic carbocycles. The lowest BCUT2D eigenvalue weighted by molar-refractivity contribution is -0.141. The maximum Gasteiger partial charge on any atom is 0.433 e. The van der Waals surface area contributed by atoms with Gasteiger partial charge in [0, 0.05) is 23.9 Å². The van der Waals surface area contributed by atoms with Crippen LogP contribution >= 0.6 is 0 Å². The first-order valence-electron chi connectivity index (χ1n) is 12.5. The van der Waals surface area contributed by atoms with E-state index >= 15 is 0 Å². The standard InChI is InChI=1S/C26H28F3N7/c1-36-14-31-35-25(36)21(15-6-4-7-15)16-8-5-9-17(12-16)22-18-13-20(26(27,28)29)32-24(23(18)34-33-22)19-10-2-3-11-30-19/h5,8-9,12-15,19,21,30H,2-4,6-7,10-11H2,1H3,(H,33,34)/t19-,21-/m1/s1. The molecule has 0 bridgehead atoms. The highest BCUT2D eigenvalue weighted by Crippen LogP contribution is 2.44. The zero-order valence-electron chi connectivity index (χ0n) is 20.0. The second kappa shape index (κ2) is 8.99. The highest BCUT2D eigenvalue weighted by atomic mass is 19.4. The molecule has 2 N–H and O–H groups in total. The summed E-state index contributed by atoms with van der Waals surface area (Å²) in [5.74, 6) is 1.44. The van der Waals surface area contributed by atoms with Crippen molar-refractivity contribution in [3.05, 3.63) is 59.4 Å². The van der Waals surface area contributed by atoms with Crippen molar-refractivity contribution in [2.24, 2.45) is 13.0 Å². The molecule has 3 aromatic heterocycles. The fourth-order valence-corrected chi connectivity index (χ4v) is 5.60. The molecule has 0 amide bonds. The molecule has 1 saturated heterocycles. The summed E-state index contributed by atoms with van der Waals surface area (Å²) in [6.45, 7) is 0.762. The minimum Gasteiger partial charge on any atom is -0.320 e. The third-order valence-electron chi connectivity index (χ3n) is 7.68. The summed E-state index contributed by atoms with van der Waals surface area (Å²) in [5, 5.41) is 19.8. The summed E-state index contributed by atoms with van der Waals surface area (Å²) < 4.78 is 43.6. The molecule has 4 heterocycles. The van der Waals surface area contributed by atoms with Gasteiger partial charge >= 0.3 is 6.18 Å². The Morgan fingerprint density at radius 2 is 1.94 bits per heavy atom. The summed E-state index contributed by atoms with van der Waals surface area (Å²) in [7, 11) is 1.94. The topological polar surface area (TPSA) is 84.3 Å². The van der Waals surface area contributed by atoms with Gasteiger partial charge < -0.3 is 9.88 Å². The predicted octanol–water partition coefficient (Wildman–Crippen LogP) is 5.52. The van der Waals surface area contributed by atoms with Gasteiger partial charge in [0.25, 0.3) is 0 Å². The van der Waals surface area contributed by atoms with Crippen LogP contribution in [0.15, 0.2) is 36.7 Å². The van der Waals surface area contributed by atoms with Crippen molar-refractivity contribution >= 4 is 10.9 Å². The van der Waals surface area contributed by atoms with Crippen LogP contribution in [0.3, 0.4) is 0 Å². The van der Waals surface area contributed by atoms with E-state index in [4.69, 9.17) is 0 Å². The second-order valence-electron chi connectivity index (χ2n) is 9.98. The Hall–Kier alpha value is -3.27.